The van der Waals surface area contributed by atoms with Crippen LogP contribution in [0.15, 0.2) is 0 Å². The van der Waals surface area contributed by atoms with Crippen molar-refractivity contribution in [3.8, 4) is 0 Å². The molecular formula is C19H38N2OS. The Hall–Kier alpha value is -0.0600. The topological polar surface area (TPSA) is 23.6 Å². The number of nitrogens with zero attached hydrogens (tertiary/aromatic N) is 2. The number of hydrogen-bond donors (Lipinski definition) is 0. The van der Waals surface area contributed by atoms with Crippen LogP contribution in [-0.2, 0) is 9.52 Å². The molecule has 0 radical (unpaired) electrons. The van der Waals surface area contributed by atoms with E-state index in [1.807, 2.05) is 0 Å². The van der Waals surface area contributed by atoms with Crippen molar-refractivity contribution in [2.45, 2.75) is 71.9 Å². The minimum Gasteiger partial charge on any atom is -0.297 e. The molecule has 0 N–H and O–H groups in total. The third-order valence-electron chi connectivity index (χ3n) is 5.83. The molecule has 3 fully saturated rings. The zero-order valence-corrected chi connectivity index (χ0v) is 17.1. The molecule has 2 aliphatic heterocycles. The molecule has 2 heterocycles. The highest BCUT2D eigenvalue weighted by Crippen LogP contribution is 2.49. The molecule has 0 amide bonds. The van der Waals surface area contributed by atoms with Gasteiger partial charge < -0.3 is 0 Å². The Morgan fingerprint density at radius 3 is 1.61 bits per heavy atom. The van der Waals surface area contributed by atoms with E-state index >= 15 is 0 Å². The fraction of sp³-hybridized carbons (Fsp3) is 0.947. The summed E-state index contributed by atoms with van der Waals surface area (Å²) in [4.78, 5) is 4.98. The molecule has 0 aromatic heterocycles. The SMILES string of the molecule is C=S1(=O)CCN(C(C)(C)C)CC1.CC(C)(C)N1CC2(CCC2)C1. The standard InChI is InChI=1S/C10H19N.C9H19NOS/c1-9(2,3)11-7-10(8-11)5-4-6-10;1-9(2,3)10-5-7-12(4,11)8-6-10/h4-8H2,1-3H3;4-8H2,1-3H3. The van der Waals surface area contributed by atoms with Gasteiger partial charge in [0, 0.05) is 48.8 Å². The van der Waals surface area contributed by atoms with E-state index in [1.54, 1.807) is 0 Å². The van der Waals surface area contributed by atoms with Gasteiger partial charge in [0.05, 0.1) is 0 Å². The summed E-state index contributed by atoms with van der Waals surface area (Å²) in [6, 6.07) is 0. The van der Waals surface area contributed by atoms with Gasteiger partial charge in [-0.25, -0.2) is 0 Å². The van der Waals surface area contributed by atoms with Gasteiger partial charge in [0.1, 0.15) is 0 Å². The zero-order chi connectivity index (χ0) is 17.5. The monoisotopic (exact) mass is 342 g/mol. The van der Waals surface area contributed by atoms with E-state index in [0.717, 1.165) is 30.0 Å². The van der Waals surface area contributed by atoms with E-state index in [1.165, 1.54) is 32.4 Å². The van der Waals surface area contributed by atoms with Gasteiger partial charge in [0.2, 0.25) is 0 Å². The molecule has 3 nitrogen and oxygen atoms in total. The Labute approximate surface area is 144 Å². The lowest BCUT2D eigenvalue weighted by molar-refractivity contribution is -0.104. The van der Waals surface area contributed by atoms with Gasteiger partial charge in [0.25, 0.3) is 0 Å². The van der Waals surface area contributed by atoms with Crippen molar-refractivity contribution in [2.75, 3.05) is 37.7 Å². The highest BCUT2D eigenvalue weighted by atomic mass is 32.2. The van der Waals surface area contributed by atoms with Crippen molar-refractivity contribution < 1.29 is 4.21 Å². The highest BCUT2D eigenvalue weighted by Gasteiger charge is 2.49. The second kappa shape index (κ2) is 6.34. The first kappa shape index (κ1) is 19.3. The average Bonchev–Trinajstić information content (AvgIpc) is 2.21. The highest BCUT2D eigenvalue weighted by molar-refractivity contribution is 8.00. The summed E-state index contributed by atoms with van der Waals surface area (Å²) in [5.74, 6) is 5.28. The molecular weight excluding hydrogens is 304 g/mol. The van der Waals surface area contributed by atoms with E-state index in [0.29, 0.717) is 5.54 Å². The van der Waals surface area contributed by atoms with Crippen molar-refractivity contribution in [3.63, 3.8) is 0 Å². The minimum atomic E-state index is -1.72. The maximum Gasteiger partial charge on any atom is 0.0287 e. The van der Waals surface area contributed by atoms with Crippen molar-refractivity contribution >= 4 is 15.4 Å². The smallest absolute Gasteiger partial charge is 0.0287 e. The van der Waals surface area contributed by atoms with E-state index < -0.39 is 9.52 Å². The summed E-state index contributed by atoms with van der Waals surface area (Å²) in [6.45, 7) is 18.2. The quantitative estimate of drug-likeness (QED) is 0.632. The molecule has 136 valence electrons. The normalized spacial score (nSPS) is 27.6. The van der Waals surface area contributed by atoms with Crippen LogP contribution in [0.3, 0.4) is 0 Å². The molecule has 0 bridgehead atoms. The Kier molecular flexibility index (Phi) is 5.31. The van der Waals surface area contributed by atoms with Crippen molar-refractivity contribution in [1.82, 2.24) is 9.80 Å². The number of likely N-dealkylation sites (tertiary alicyclic amines) is 1. The molecule has 1 spiro atoms. The maximum atomic E-state index is 11.5. The molecule has 0 atom stereocenters. The summed E-state index contributed by atoms with van der Waals surface area (Å²) in [5, 5.41) is 0. The van der Waals surface area contributed by atoms with E-state index in [-0.39, 0.29) is 5.54 Å². The largest absolute Gasteiger partial charge is 0.297 e. The van der Waals surface area contributed by atoms with Gasteiger partial charge >= 0.3 is 0 Å². The lowest BCUT2D eigenvalue weighted by atomic mass is 9.62. The summed E-state index contributed by atoms with van der Waals surface area (Å²) in [7, 11) is -1.72. The van der Waals surface area contributed by atoms with Crippen molar-refractivity contribution in [3.05, 3.63) is 0 Å². The Morgan fingerprint density at radius 2 is 1.30 bits per heavy atom. The first-order valence-electron chi connectivity index (χ1n) is 9.16. The van der Waals surface area contributed by atoms with E-state index in [4.69, 9.17) is 0 Å². The summed E-state index contributed by atoms with van der Waals surface area (Å²) in [5.41, 5.74) is 1.43. The van der Waals surface area contributed by atoms with Crippen LogP contribution in [0.4, 0.5) is 0 Å². The summed E-state index contributed by atoms with van der Waals surface area (Å²) in [6.07, 6.45) is 4.48. The lowest BCUT2D eigenvalue weighted by Gasteiger charge is -2.60. The predicted octanol–water partition coefficient (Wildman–Crippen LogP) is 3.09. The first-order chi connectivity index (χ1) is 10.3. The fourth-order valence-electron chi connectivity index (χ4n) is 3.67. The fourth-order valence-corrected chi connectivity index (χ4v) is 4.98. The first-order valence-corrected chi connectivity index (χ1v) is 11.2. The van der Waals surface area contributed by atoms with E-state index in [9.17, 15) is 4.21 Å². The number of rotatable bonds is 0. The van der Waals surface area contributed by atoms with Crippen molar-refractivity contribution in [2.24, 2.45) is 5.41 Å². The second-order valence-corrected chi connectivity index (χ2v) is 12.7. The molecule has 0 aromatic rings. The van der Waals surface area contributed by atoms with Gasteiger partial charge in [-0.1, -0.05) is 6.42 Å². The van der Waals surface area contributed by atoms with Crippen LogP contribution < -0.4 is 0 Å². The molecule has 0 unspecified atom stereocenters. The molecule has 3 aliphatic rings. The van der Waals surface area contributed by atoms with Crippen LogP contribution in [0.25, 0.3) is 0 Å². The van der Waals surface area contributed by atoms with Crippen LogP contribution in [0, 0.1) is 5.41 Å². The van der Waals surface area contributed by atoms with Crippen LogP contribution in [0.1, 0.15) is 60.8 Å². The second-order valence-electron chi connectivity index (χ2n) is 9.91. The average molecular weight is 343 g/mol. The van der Waals surface area contributed by atoms with E-state index in [2.05, 4.69) is 57.2 Å². The molecule has 1 aliphatic carbocycles. The Bertz CT molecular complexity index is 484. The minimum absolute atomic E-state index is 0.218. The molecule has 23 heavy (non-hydrogen) atoms. The van der Waals surface area contributed by atoms with Crippen LogP contribution in [0.2, 0.25) is 0 Å². The van der Waals surface area contributed by atoms with Gasteiger partial charge in [-0.2, -0.15) is 0 Å². The molecule has 3 rings (SSSR count). The Morgan fingerprint density at radius 1 is 0.870 bits per heavy atom. The van der Waals surface area contributed by atoms with Gasteiger partial charge in [0.15, 0.2) is 0 Å². The van der Waals surface area contributed by atoms with Crippen LogP contribution >= 0.6 is 0 Å². The van der Waals surface area contributed by atoms with Crippen molar-refractivity contribution in [1.29, 1.82) is 0 Å². The van der Waals surface area contributed by atoms with Crippen LogP contribution in [-0.4, -0.2) is 68.6 Å². The predicted molar refractivity (Wildman–Crippen MR) is 104 cm³/mol. The van der Waals surface area contributed by atoms with Gasteiger partial charge in [-0.05, 0) is 75.2 Å². The van der Waals surface area contributed by atoms with Crippen LogP contribution in [0.5, 0.6) is 0 Å². The maximum absolute atomic E-state index is 11.5. The molecule has 0 aromatic carbocycles. The Balaban J connectivity index is 0.000000167. The molecule has 4 heteroatoms. The summed E-state index contributed by atoms with van der Waals surface area (Å²) < 4.78 is 11.5. The lowest BCUT2D eigenvalue weighted by Crippen LogP contribution is -2.64. The number of hydrogen-bond acceptors (Lipinski definition) is 3. The molecule has 2 saturated heterocycles. The third-order valence-corrected chi connectivity index (χ3v) is 7.68. The summed E-state index contributed by atoms with van der Waals surface area (Å²) >= 11 is 0. The zero-order valence-electron chi connectivity index (χ0n) is 16.3. The van der Waals surface area contributed by atoms with Gasteiger partial charge in [-0.3, -0.25) is 14.0 Å². The third kappa shape index (κ3) is 4.96. The molecule has 1 saturated carbocycles. The van der Waals surface area contributed by atoms with Gasteiger partial charge in [-0.15, -0.1) is 0 Å².